The summed E-state index contributed by atoms with van der Waals surface area (Å²) >= 11 is 0. The molecule has 2 unspecified atom stereocenters. The van der Waals surface area contributed by atoms with Gasteiger partial charge >= 0.3 is 0 Å². The van der Waals surface area contributed by atoms with Crippen molar-refractivity contribution in [2.45, 2.75) is 65.0 Å². The van der Waals surface area contributed by atoms with Crippen LogP contribution in [0.1, 0.15) is 55.5 Å². The van der Waals surface area contributed by atoms with Gasteiger partial charge in [-0.15, -0.1) is 0 Å². The van der Waals surface area contributed by atoms with Gasteiger partial charge < -0.3 is 14.5 Å². The Balaban J connectivity index is 1.27. The molecule has 2 aromatic rings. The zero-order valence-corrected chi connectivity index (χ0v) is 16.9. The van der Waals surface area contributed by atoms with Crippen LogP contribution in [0.15, 0.2) is 28.7 Å². The molecule has 0 spiro atoms. The first kappa shape index (κ1) is 19.2. The maximum Gasteiger partial charge on any atom is 0.226 e. The van der Waals surface area contributed by atoms with Gasteiger partial charge in [0.2, 0.25) is 11.8 Å². The molecular formula is C23H30N2O3. The standard InChI is InChI=1S/C23H30N2O3/c1-15-5-3-7-19(11-15)23-25-21(16(2)28-23)14-27-13-17-6-4-8-20(12-17)24-22(26)18-9-10-18/h3,5,7,11,17-18,20H,4,6,8-10,12-14H2,1-2H3,(H,24,26). The van der Waals surface area contributed by atoms with Crippen LogP contribution in [0, 0.1) is 25.7 Å². The van der Waals surface area contributed by atoms with Crippen LogP contribution in [0.5, 0.6) is 0 Å². The van der Waals surface area contributed by atoms with Gasteiger partial charge in [-0.25, -0.2) is 4.98 Å². The second kappa shape index (κ2) is 8.48. The van der Waals surface area contributed by atoms with Crippen molar-refractivity contribution in [3.63, 3.8) is 0 Å². The van der Waals surface area contributed by atoms with E-state index in [2.05, 4.69) is 29.4 Å². The summed E-state index contributed by atoms with van der Waals surface area (Å²) in [6.07, 6.45) is 6.56. The van der Waals surface area contributed by atoms with Gasteiger partial charge in [0.15, 0.2) is 0 Å². The molecule has 1 N–H and O–H groups in total. The van der Waals surface area contributed by atoms with Crippen LogP contribution in [0.4, 0.5) is 0 Å². The number of nitrogens with zero attached hydrogens (tertiary/aromatic N) is 1. The van der Waals surface area contributed by atoms with Crippen LogP contribution in [-0.4, -0.2) is 23.5 Å². The van der Waals surface area contributed by atoms with Crippen LogP contribution in [0.25, 0.3) is 11.5 Å². The smallest absolute Gasteiger partial charge is 0.226 e. The van der Waals surface area contributed by atoms with Crippen molar-refractivity contribution < 1.29 is 13.9 Å². The SMILES string of the molecule is Cc1cccc(-c2nc(COCC3CCCC(NC(=O)C4CC4)C3)c(C)o2)c1. The molecule has 2 fully saturated rings. The van der Waals surface area contributed by atoms with Gasteiger partial charge in [-0.2, -0.15) is 0 Å². The molecule has 1 amide bonds. The normalized spacial score (nSPS) is 22.2. The van der Waals surface area contributed by atoms with Crippen molar-refractivity contribution in [1.82, 2.24) is 10.3 Å². The molecule has 2 aliphatic rings. The minimum absolute atomic E-state index is 0.258. The Labute approximate surface area is 166 Å². The number of benzene rings is 1. The number of oxazole rings is 1. The summed E-state index contributed by atoms with van der Waals surface area (Å²) in [5, 5.41) is 3.23. The third-order valence-electron chi connectivity index (χ3n) is 5.83. The summed E-state index contributed by atoms with van der Waals surface area (Å²) < 4.78 is 11.8. The molecule has 2 aliphatic carbocycles. The highest BCUT2D eigenvalue weighted by Crippen LogP contribution is 2.31. The number of hydrogen-bond donors (Lipinski definition) is 1. The first-order valence-electron chi connectivity index (χ1n) is 10.5. The lowest BCUT2D eigenvalue weighted by Gasteiger charge is -2.29. The van der Waals surface area contributed by atoms with E-state index in [1.807, 2.05) is 19.1 Å². The summed E-state index contributed by atoms with van der Waals surface area (Å²) in [6, 6.07) is 8.49. The number of amides is 1. The number of aryl methyl sites for hydroxylation is 2. The molecule has 0 saturated heterocycles. The molecule has 4 rings (SSSR count). The van der Waals surface area contributed by atoms with E-state index in [-0.39, 0.29) is 11.8 Å². The van der Waals surface area contributed by atoms with E-state index < -0.39 is 0 Å². The Morgan fingerprint density at radius 2 is 2.11 bits per heavy atom. The molecule has 150 valence electrons. The molecule has 1 aromatic heterocycles. The second-order valence-corrected chi connectivity index (χ2v) is 8.42. The minimum Gasteiger partial charge on any atom is -0.441 e. The number of ether oxygens (including phenoxy) is 1. The van der Waals surface area contributed by atoms with Crippen molar-refractivity contribution in [3.05, 3.63) is 41.3 Å². The molecule has 1 heterocycles. The Hall–Kier alpha value is -2.14. The maximum atomic E-state index is 12.0. The average molecular weight is 383 g/mol. The number of rotatable bonds is 7. The largest absolute Gasteiger partial charge is 0.441 e. The lowest BCUT2D eigenvalue weighted by Crippen LogP contribution is -2.39. The molecule has 0 bridgehead atoms. The molecule has 28 heavy (non-hydrogen) atoms. The highest BCUT2D eigenvalue weighted by Gasteiger charge is 2.32. The summed E-state index contributed by atoms with van der Waals surface area (Å²) in [4.78, 5) is 16.6. The predicted octanol–water partition coefficient (Wildman–Crippen LogP) is 4.56. The fourth-order valence-corrected chi connectivity index (χ4v) is 4.02. The van der Waals surface area contributed by atoms with E-state index in [1.54, 1.807) is 0 Å². The van der Waals surface area contributed by atoms with Gasteiger partial charge in [-0.05, 0) is 64.0 Å². The van der Waals surface area contributed by atoms with E-state index in [9.17, 15) is 4.79 Å². The number of aromatic nitrogens is 1. The average Bonchev–Trinajstić information content (AvgIpc) is 3.46. The third kappa shape index (κ3) is 4.82. The molecule has 0 aliphatic heterocycles. The lowest BCUT2D eigenvalue weighted by molar-refractivity contribution is -0.123. The summed E-state index contributed by atoms with van der Waals surface area (Å²) in [5.74, 6) is 2.51. The number of nitrogens with one attached hydrogen (secondary N) is 1. The number of carbonyl (C=O) groups excluding carboxylic acids is 1. The predicted molar refractivity (Wildman–Crippen MR) is 108 cm³/mol. The van der Waals surface area contributed by atoms with Crippen LogP contribution in [0.2, 0.25) is 0 Å². The van der Waals surface area contributed by atoms with Crippen molar-refractivity contribution in [2.75, 3.05) is 6.61 Å². The van der Waals surface area contributed by atoms with Crippen LogP contribution in [0.3, 0.4) is 0 Å². The molecule has 5 heteroatoms. The first-order valence-corrected chi connectivity index (χ1v) is 10.5. The van der Waals surface area contributed by atoms with Gasteiger partial charge in [0.25, 0.3) is 0 Å². The molecule has 2 saturated carbocycles. The molecular weight excluding hydrogens is 352 g/mol. The Bertz CT molecular complexity index is 825. The quantitative estimate of drug-likeness (QED) is 0.762. The Kier molecular flexibility index (Phi) is 5.81. The van der Waals surface area contributed by atoms with Crippen molar-refractivity contribution in [3.8, 4) is 11.5 Å². The lowest BCUT2D eigenvalue weighted by atomic mass is 9.86. The van der Waals surface area contributed by atoms with Crippen molar-refractivity contribution >= 4 is 5.91 Å². The van der Waals surface area contributed by atoms with E-state index >= 15 is 0 Å². The van der Waals surface area contributed by atoms with Crippen molar-refractivity contribution in [2.24, 2.45) is 11.8 Å². The summed E-state index contributed by atoms with van der Waals surface area (Å²) in [5.41, 5.74) is 3.05. The fraction of sp³-hybridized carbons (Fsp3) is 0.565. The van der Waals surface area contributed by atoms with Gasteiger partial charge in [-0.3, -0.25) is 4.79 Å². The molecule has 1 aromatic carbocycles. The van der Waals surface area contributed by atoms with Gasteiger partial charge in [-0.1, -0.05) is 24.1 Å². The Morgan fingerprint density at radius 3 is 2.89 bits per heavy atom. The highest BCUT2D eigenvalue weighted by atomic mass is 16.5. The van der Waals surface area contributed by atoms with Gasteiger partial charge in [0.05, 0.1) is 6.61 Å². The fourth-order valence-electron chi connectivity index (χ4n) is 4.02. The molecule has 0 radical (unpaired) electrons. The van der Waals surface area contributed by atoms with E-state index in [1.165, 1.54) is 12.0 Å². The number of carbonyl (C=O) groups is 1. The first-order chi connectivity index (χ1) is 13.6. The van der Waals surface area contributed by atoms with E-state index in [4.69, 9.17) is 9.15 Å². The highest BCUT2D eigenvalue weighted by molar-refractivity contribution is 5.81. The minimum atomic E-state index is 0.258. The number of hydrogen-bond acceptors (Lipinski definition) is 4. The summed E-state index contributed by atoms with van der Waals surface area (Å²) in [6.45, 7) is 5.18. The van der Waals surface area contributed by atoms with E-state index in [0.29, 0.717) is 31.1 Å². The van der Waals surface area contributed by atoms with Crippen molar-refractivity contribution in [1.29, 1.82) is 0 Å². The summed E-state index contributed by atoms with van der Waals surface area (Å²) in [7, 11) is 0. The zero-order chi connectivity index (χ0) is 19.5. The van der Waals surface area contributed by atoms with Gasteiger partial charge in [0, 0.05) is 24.1 Å². The second-order valence-electron chi connectivity index (χ2n) is 8.42. The van der Waals surface area contributed by atoms with Gasteiger partial charge in [0.1, 0.15) is 11.5 Å². The van der Waals surface area contributed by atoms with Crippen LogP contribution < -0.4 is 5.32 Å². The topological polar surface area (TPSA) is 64.4 Å². The molecule has 5 nitrogen and oxygen atoms in total. The third-order valence-corrected chi connectivity index (χ3v) is 5.83. The van der Waals surface area contributed by atoms with Crippen LogP contribution in [-0.2, 0) is 16.1 Å². The Morgan fingerprint density at radius 1 is 1.25 bits per heavy atom. The van der Waals surface area contributed by atoms with E-state index in [0.717, 1.165) is 49.1 Å². The zero-order valence-electron chi connectivity index (χ0n) is 16.9. The van der Waals surface area contributed by atoms with Crippen LogP contribution >= 0.6 is 0 Å². The maximum absolute atomic E-state index is 12.0. The molecule has 2 atom stereocenters. The monoisotopic (exact) mass is 382 g/mol.